The molecule has 0 radical (unpaired) electrons. The van der Waals surface area contributed by atoms with Gasteiger partial charge in [-0.25, -0.2) is 5.01 Å². The van der Waals surface area contributed by atoms with Gasteiger partial charge in [-0.1, -0.05) is 84.3 Å². The Labute approximate surface area is 247 Å². The highest BCUT2D eigenvalue weighted by molar-refractivity contribution is 8.13. The van der Waals surface area contributed by atoms with Crippen molar-refractivity contribution in [2.45, 2.75) is 74.7 Å². The molecule has 0 saturated carbocycles. The molecule has 0 spiro atoms. The van der Waals surface area contributed by atoms with Crippen molar-refractivity contribution in [1.82, 2.24) is 10.3 Å². The van der Waals surface area contributed by atoms with E-state index < -0.39 is 5.92 Å². The summed E-state index contributed by atoms with van der Waals surface area (Å²) in [5, 5.41) is 16.8. The minimum absolute atomic E-state index is 0.125. The second-order valence-electron chi connectivity index (χ2n) is 9.80. The monoisotopic (exact) mass is 585 g/mol. The number of hydrogen-bond donors (Lipinski definition) is 3. The maximum atomic E-state index is 12.1. The van der Waals surface area contributed by atoms with E-state index in [-0.39, 0.29) is 30.3 Å². The molecule has 3 N–H and O–H groups in total. The number of aliphatic hydroxyl groups is 2. The van der Waals surface area contributed by atoms with Gasteiger partial charge in [-0.3, -0.25) is 19.8 Å². The molecule has 10 heteroatoms. The summed E-state index contributed by atoms with van der Waals surface area (Å²) in [5.74, 6) is 1.12. The number of rotatable bonds is 12. The molecule has 1 unspecified atom stereocenters. The van der Waals surface area contributed by atoms with Gasteiger partial charge < -0.3 is 19.8 Å². The molecule has 1 aliphatic rings. The Morgan fingerprint density at radius 3 is 1.88 bits per heavy atom. The number of anilines is 1. The highest BCUT2D eigenvalue weighted by Crippen LogP contribution is 2.22. The number of nitrogens with zero attached hydrogens (tertiary/aromatic N) is 2. The maximum absolute atomic E-state index is 12.1. The molecule has 0 aromatic heterocycles. The number of carbonyl (C=O) groups is 3. The van der Waals surface area contributed by atoms with Crippen LogP contribution in [0.15, 0.2) is 30.3 Å². The number of benzene rings is 1. The van der Waals surface area contributed by atoms with Gasteiger partial charge in [0.05, 0.1) is 18.9 Å². The summed E-state index contributed by atoms with van der Waals surface area (Å²) in [6, 6.07) is 9.17. The highest BCUT2D eigenvalue weighted by atomic mass is 32.2. The first kappa shape index (κ1) is 40.0. The van der Waals surface area contributed by atoms with Crippen LogP contribution in [0.1, 0.15) is 74.7 Å². The van der Waals surface area contributed by atoms with Crippen molar-refractivity contribution in [3.63, 3.8) is 0 Å². The Morgan fingerprint density at radius 2 is 1.50 bits per heavy atom. The highest BCUT2D eigenvalue weighted by Gasteiger charge is 2.39. The molecule has 2 rings (SSSR count). The number of para-hydroxylation sites is 1. The lowest BCUT2D eigenvalue weighted by Crippen LogP contribution is -2.35. The van der Waals surface area contributed by atoms with Gasteiger partial charge in [0.2, 0.25) is 0 Å². The third-order valence-electron chi connectivity index (χ3n) is 5.12. The molecule has 9 nitrogen and oxygen atoms in total. The van der Waals surface area contributed by atoms with Crippen LogP contribution in [0.3, 0.4) is 0 Å². The summed E-state index contributed by atoms with van der Waals surface area (Å²) in [7, 11) is 0. The summed E-state index contributed by atoms with van der Waals surface area (Å²) in [6.07, 6.45) is 2.51. The standard InChI is InChI=1S/C13H16N2O2.C11H23NOS.C4H10O.C2H6O2/c1-2-3-9-11-12(16)14-15(13(11)17)10-7-5-4-6-8-10;1-6-14-11(13)12(7-9(2)3)8-10(4)5;1-3-5-4-2;3-1-2-4/h4-8,11H,2-3,9H2,1H3,(H,14,16);9-10H,6-8H2,1-5H3;3-4H2,1-2H3;3-4H,1-2H2. The van der Waals surface area contributed by atoms with E-state index in [2.05, 4.69) is 33.1 Å². The fraction of sp³-hybridized carbons (Fsp3) is 0.700. The van der Waals surface area contributed by atoms with E-state index in [1.54, 1.807) is 12.1 Å². The molecule has 1 aromatic rings. The Hall–Kier alpha value is -2.14. The van der Waals surface area contributed by atoms with Crippen LogP contribution in [0.25, 0.3) is 0 Å². The Bertz CT molecular complexity index is 766. The largest absolute Gasteiger partial charge is 0.394 e. The van der Waals surface area contributed by atoms with E-state index in [1.807, 2.05) is 50.8 Å². The number of carbonyl (C=O) groups excluding carboxylic acids is 3. The van der Waals surface area contributed by atoms with Gasteiger partial charge in [0, 0.05) is 26.3 Å². The molecular weight excluding hydrogens is 530 g/mol. The topological polar surface area (TPSA) is 119 Å². The maximum Gasteiger partial charge on any atom is 0.281 e. The van der Waals surface area contributed by atoms with Gasteiger partial charge in [0.15, 0.2) is 0 Å². The van der Waals surface area contributed by atoms with E-state index >= 15 is 0 Å². The number of aliphatic hydroxyl groups excluding tert-OH is 2. The molecule has 1 aliphatic heterocycles. The van der Waals surface area contributed by atoms with Crippen LogP contribution >= 0.6 is 11.8 Å². The second-order valence-corrected chi connectivity index (χ2v) is 11.0. The zero-order chi connectivity index (χ0) is 30.9. The van der Waals surface area contributed by atoms with Crippen LogP contribution in [0.4, 0.5) is 10.5 Å². The van der Waals surface area contributed by atoms with Crippen LogP contribution in [0.2, 0.25) is 0 Å². The van der Waals surface area contributed by atoms with Crippen molar-refractivity contribution in [3.05, 3.63) is 30.3 Å². The van der Waals surface area contributed by atoms with Crippen molar-refractivity contribution in [2.24, 2.45) is 17.8 Å². The molecule has 232 valence electrons. The fourth-order valence-corrected chi connectivity index (χ4v) is 4.05. The molecular formula is C30H55N3O6S. The average molecular weight is 586 g/mol. The van der Waals surface area contributed by atoms with Crippen LogP contribution in [0, 0.1) is 17.8 Å². The molecule has 1 atom stereocenters. The summed E-state index contributed by atoms with van der Waals surface area (Å²) in [4.78, 5) is 37.4. The molecule has 1 heterocycles. The summed E-state index contributed by atoms with van der Waals surface area (Å²) < 4.78 is 4.83. The van der Waals surface area contributed by atoms with Crippen LogP contribution < -0.4 is 10.4 Å². The predicted molar refractivity (Wildman–Crippen MR) is 166 cm³/mol. The van der Waals surface area contributed by atoms with E-state index in [0.29, 0.717) is 23.9 Å². The Balaban J connectivity index is 0. The number of nitrogens with one attached hydrogen (secondary N) is 1. The summed E-state index contributed by atoms with van der Waals surface area (Å²) in [6.45, 7) is 19.8. The second kappa shape index (κ2) is 25.8. The quantitative estimate of drug-likeness (QED) is 0.283. The fourth-order valence-electron chi connectivity index (χ4n) is 3.47. The number of unbranched alkanes of at least 4 members (excludes halogenated alkanes) is 1. The van der Waals surface area contributed by atoms with Crippen LogP contribution in [0.5, 0.6) is 0 Å². The summed E-state index contributed by atoms with van der Waals surface area (Å²) in [5.41, 5.74) is 3.34. The van der Waals surface area contributed by atoms with Crippen LogP contribution in [-0.4, -0.2) is 77.4 Å². The van der Waals surface area contributed by atoms with Gasteiger partial charge in [0.1, 0.15) is 5.92 Å². The van der Waals surface area contributed by atoms with Gasteiger partial charge in [0.25, 0.3) is 17.1 Å². The molecule has 3 amide bonds. The molecule has 1 saturated heterocycles. The molecule has 0 bridgehead atoms. The third-order valence-corrected chi connectivity index (χ3v) is 5.92. The van der Waals surface area contributed by atoms with E-state index in [1.165, 1.54) is 16.8 Å². The van der Waals surface area contributed by atoms with Gasteiger partial charge in [-0.15, -0.1) is 0 Å². The van der Waals surface area contributed by atoms with Gasteiger partial charge >= 0.3 is 0 Å². The number of amides is 3. The van der Waals surface area contributed by atoms with E-state index in [9.17, 15) is 14.4 Å². The minimum atomic E-state index is -0.518. The third kappa shape index (κ3) is 19.0. The number of hydrazine groups is 1. The van der Waals surface area contributed by atoms with Crippen molar-refractivity contribution in [2.75, 3.05) is 50.3 Å². The van der Waals surface area contributed by atoms with Crippen molar-refractivity contribution in [1.29, 1.82) is 0 Å². The summed E-state index contributed by atoms with van der Waals surface area (Å²) >= 11 is 1.41. The first-order valence-corrected chi connectivity index (χ1v) is 15.4. The first-order chi connectivity index (χ1) is 19.0. The van der Waals surface area contributed by atoms with Crippen molar-refractivity contribution < 1.29 is 29.3 Å². The number of thioether (sulfide) groups is 1. The Kier molecular flexibility index (Phi) is 25.8. The smallest absolute Gasteiger partial charge is 0.281 e. The average Bonchev–Trinajstić information content (AvgIpc) is 3.21. The zero-order valence-electron chi connectivity index (χ0n) is 26.0. The lowest BCUT2D eigenvalue weighted by atomic mass is 10.0. The van der Waals surface area contributed by atoms with Crippen molar-refractivity contribution in [3.8, 4) is 0 Å². The van der Waals surface area contributed by atoms with Crippen LogP contribution in [-0.2, 0) is 14.3 Å². The Morgan fingerprint density at radius 1 is 0.975 bits per heavy atom. The SMILES string of the molecule is CCCCC1C(=O)NN(c2ccccc2)C1=O.CCOCC.CCSC(=O)N(CC(C)C)CC(C)C.OCCO. The lowest BCUT2D eigenvalue weighted by Gasteiger charge is -2.25. The number of ether oxygens (including phenoxy) is 1. The van der Waals surface area contributed by atoms with E-state index in [0.717, 1.165) is 44.9 Å². The molecule has 40 heavy (non-hydrogen) atoms. The molecule has 1 aromatic carbocycles. The normalized spacial score (nSPS) is 14.0. The van der Waals surface area contributed by atoms with E-state index in [4.69, 9.17) is 14.9 Å². The van der Waals surface area contributed by atoms with Gasteiger partial charge in [-0.2, -0.15) is 0 Å². The lowest BCUT2D eigenvalue weighted by molar-refractivity contribution is -0.127. The number of hydrogen-bond acceptors (Lipinski definition) is 7. The van der Waals surface area contributed by atoms with Crippen molar-refractivity contribution >= 4 is 34.5 Å². The molecule has 0 aliphatic carbocycles. The van der Waals surface area contributed by atoms with Gasteiger partial charge in [-0.05, 0) is 50.0 Å². The molecule has 1 fully saturated rings. The first-order valence-electron chi connectivity index (χ1n) is 14.4. The minimum Gasteiger partial charge on any atom is -0.394 e. The predicted octanol–water partition coefficient (Wildman–Crippen LogP) is 5.36. The zero-order valence-corrected chi connectivity index (χ0v) is 26.8.